The molecule has 132 valence electrons. The topological polar surface area (TPSA) is 67.4 Å². The molecule has 0 aliphatic heterocycles. The molecule has 0 bridgehead atoms. The van der Waals surface area contributed by atoms with Gasteiger partial charge in [0.25, 0.3) is 5.91 Å². The SMILES string of the molecule is CCOc1ccc(C(=O)NCC(=O)N[C@H](C)c2cccc(Cl)c2)cc1. The average Bonchev–Trinajstić information content (AvgIpc) is 2.60. The molecule has 0 aliphatic carbocycles. The molecule has 2 rings (SSSR count). The highest BCUT2D eigenvalue weighted by atomic mass is 35.5. The van der Waals surface area contributed by atoms with Crippen molar-refractivity contribution < 1.29 is 14.3 Å². The van der Waals surface area contributed by atoms with E-state index in [1.165, 1.54) is 0 Å². The number of benzene rings is 2. The summed E-state index contributed by atoms with van der Waals surface area (Å²) < 4.78 is 5.33. The standard InChI is InChI=1S/C19H21ClN2O3/c1-3-25-17-9-7-14(8-10-17)19(24)21-12-18(23)22-13(2)15-5-4-6-16(20)11-15/h4-11,13H,3,12H2,1-2H3,(H,21,24)(H,22,23)/t13-/m1/s1. The number of rotatable bonds is 7. The summed E-state index contributed by atoms with van der Waals surface area (Å²) in [4.78, 5) is 24.1. The maximum atomic E-state index is 12.1. The minimum atomic E-state index is -0.311. The highest BCUT2D eigenvalue weighted by Gasteiger charge is 2.12. The third-order valence-corrected chi connectivity index (χ3v) is 3.80. The molecule has 2 aromatic rings. The molecule has 0 aliphatic rings. The Morgan fingerprint density at radius 1 is 1.16 bits per heavy atom. The lowest BCUT2D eigenvalue weighted by molar-refractivity contribution is -0.120. The van der Waals surface area contributed by atoms with Crippen LogP contribution in [0.25, 0.3) is 0 Å². The fourth-order valence-corrected chi connectivity index (χ4v) is 2.48. The summed E-state index contributed by atoms with van der Waals surface area (Å²) in [5.74, 6) is 0.118. The molecule has 0 spiro atoms. The lowest BCUT2D eigenvalue weighted by atomic mass is 10.1. The molecule has 1 atom stereocenters. The summed E-state index contributed by atoms with van der Waals surface area (Å²) in [5, 5.41) is 6.04. The van der Waals surface area contributed by atoms with Gasteiger partial charge in [-0.25, -0.2) is 0 Å². The Morgan fingerprint density at radius 3 is 2.52 bits per heavy atom. The largest absolute Gasteiger partial charge is 0.494 e. The highest BCUT2D eigenvalue weighted by Crippen LogP contribution is 2.17. The van der Waals surface area contributed by atoms with E-state index in [9.17, 15) is 9.59 Å². The molecule has 0 saturated carbocycles. The van der Waals surface area contributed by atoms with Crippen LogP contribution in [0, 0.1) is 0 Å². The van der Waals surface area contributed by atoms with E-state index in [4.69, 9.17) is 16.3 Å². The maximum absolute atomic E-state index is 12.1. The molecule has 0 radical (unpaired) electrons. The molecule has 0 heterocycles. The Morgan fingerprint density at radius 2 is 1.88 bits per heavy atom. The Kier molecular flexibility index (Phi) is 6.83. The Hall–Kier alpha value is -2.53. The summed E-state index contributed by atoms with van der Waals surface area (Å²) in [6, 6.07) is 13.8. The van der Waals surface area contributed by atoms with Gasteiger partial charge in [-0.3, -0.25) is 9.59 Å². The zero-order valence-electron chi connectivity index (χ0n) is 14.2. The quantitative estimate of drug-likeness (QED) is 0.795. The summed E-state index contributed by atoms with van der Waals surface area (Å²) in [5.41, 5.74) is 1.37. The molecule has 6 heteroatoms. The summed E-state index contributed by atoms with van der Waals surface area (Å²) >= 11 is 5.95. The average molecular weight is 361 g/mol. The number of carbonyl (C=O) groups is 2. The van der Waals surface area contributed by atoms with E-state index in [0.717, 1.165) is 5.56 Å². The molecule has 0 fully saturated rings. The van der Waals surface area contributed by atoms with E-state index in [0.29, 0.717) is 22.9 Å². The van der Waals surface area contributed by atoms with Gasteiger partial charge in [0.2, 0.25) is 5.91 Å². The number of amides is 2. The Labute approximate surface area is 152 Å². The number of hydrogen-bond donors (Lipinski definition) is 2. The third-order valence-electron chi connectivity index (χ3n) is 3.56. The van der Waals surface area contributed by atoms with Gasteiger partial charge in [-0.1, -0.05) is 23.7 Å². The molecular weight excluding hydrogens is 340 g/mol. The maximum Gasteiger partial charge on any atom is 0.251 e. The normalized spacial score (nSPS) is 11.5. The lowest BCUT2D eigenvalue weighted by Gasteiger charge is -2.15. The van der Waals surface area contributed by atoms with Gasteiger partial charge in [0.05, 0.1) is 19.2 Å². The zero-order valence-corrected chi connectivity index (χ0v) is 15.0. The number of ether oxygens (including phenoxy) is 1. The molecule has 5 nitrogen and oxygen atoms in total. The van der Waals surface area contributed by atoms with Crippen LogP contribution < -0.4 is 15.4 Å². The van der Waals surface area contributed by atoms with E-state index >= 15 is 0 Å². The van der Waals surface area contributed by atoms with Crippen LogP contribution in [0.5, 0.6) is 5.75 Å². The van der Waals surface area contributed by atoms with Gasteiger partial charge < -0.3 is 15.4 Å². The van der Waals surface area contributed by atoms with Crippen molar-refractivity contribution in [3.63, 3.8) is 0 Å². The lowest BCUT2D eigenvalue weighted by Crippen LogP contribution is -2.38. The van der Waals surface area contributed by atoms with E-state index in [1.54, 1.807) is 36.4 Å². The second kappa shape index (κ2) is 9.08. The predicted octanol–water partition coefficient (Wildman–Crippen LogP) is 3.35. The van der Waals surface area contributed by atoms with Crippen LogP contribution in [-0.2, 0) is 4.79 Å². The first-order valence-electron chi connectivity index (χ1n) is 8.05. The molecule has 2 amide bonds. The van der Waals surface area contributed by atoms with Gasteiger partial charge in [0, 0.05) is 10.6 Å². The van der Waals surface area contributed by atoms with Crippen molar-refractivity contribution in [1.82, 2.24) is 10.6 Å². The van der Waals surface area contributed by atoms with Gasteiger partial charge in [-0.2, -0.15) is 0 Å². The number of carbonyl (C=O) groups excluding carboxylic acids is 2. The van der Waals surface area contributed by atoms with E-state index in [2.05, 4.69) is 10.6 Å². The van der Waals surface area contributed by atoms with Crippen LogP contribution in [-0.4, -0.2) is 25.0 Å². The van der Waals surface area contributed by atoms with Gasteiger partial charge in [-0.15, -0.1) is 0 Å². The van der Waals surface area contributed by atoms with E-state index < -0.39 is 0 Å². The first-order chi connectivity index (χ1) is 12.0. The van der Waals surface area contributed by atoms with Gasteiger partial charge in [0.1, 0.15) is 5.75 Å². The molecule has 2 N–H and O–H groups in total. The molecular formula is C19H21ClN2O3. The fourth-order valence-electron chi connectivity index (χ4n) is 2.28. The van der Waals surface area contributed by atoms with Crippen LogP contribution in [0.15, 0.2) is 48.5 Å². The molecule has 2 aromatic carbocycles. The van der Waals surface area contributed by atoms with E-state index in [-0.39, 0.29) is 24.4 Å². The monoisotopic (exact) mass is 360 g/mol. The first kappa shape index (κ1) is 18.8. The summed E-state index contributed by atoms with van der Waals surface area (Å²) in [6.45, 7) is 4.22. The van der Waals surface area contributed by atoms with Crippen LogP contribution in [0.2, 0.25) is 5.02 Å². The van der Waals surface area contributed by atoms with Crippen molar-refractivity contribution in [1.29, 1.82) is 0 Å². The van der Waals surface area contributed by atoms with Crippen molar-refractivity contribution in [2.24, 2.45) is 0 Å². The van der Waals surface area contributed by atoms with Gasteiger partial charge >= 0.3 is 0 Å². The van der Waals surface area contributed by atoms with Crippen molar-refractivity contribution in [2.75, 3.05) is 13.2 Å². The molecule has 0 aromatic heterocycles. The number of halogens is 1. The van der Waals surface area contributed by atoms with Crippen molar-refractivity contribution in [3.8, 4) is 5.75 Å². The fraction of sp³-hybridized carbons (Fsp3) is 0.263. The van der Waals surface area contributed by atoms with Gasteiger partial charge in [-0.05, 0) is 55.8 Å². The van der Waals surface area contributed by atoms with Crippen molar-refractivity contribution in [3.05, 3.63) is 64.7 Å². The van der Waals surface area contributed by atoms with Gasteiger partial charge in [0.15, 0.2) is 0 Å². The van der Waals surface area contributed by atoms with Crippen LogP contribution in [0.4, 0.5) is 0 Å². The predicted molar refractivity (Wildman–Crippen MR) is 98.0 cm³/mol. The highest BCUT2D eigenvalue weighted by molar-refractivity contribution is 6.30. The second-order valence-electron chi connectivity index (χ2n) is 5.48. The minimum absolute atomic E-state index is 0.100. The van der Waals surface area contributed by atoms with Crippen LogP contribution in [0.3, 0.4) is 0 Å². The number of nitrogens with one attached hydrogen (secondary N) is 2. The zero-order chi connectivity index (χ0) is 18.2. The van der Waals surface area contributed by atoms with Crippen molar-refractivity contribution in [2.45, 2.75) is 19.9 Å². The second-order valence-corrected chi connectivity index (χ2v) is 5.92. The Bertz CT molecular complexity index is 732. The van der Waals surface area contributed by atoms with Crippen molar-refractivity contribution >= 4 is 23.4 Å². The smallest absolute Gasteiger partial charge is 0.251 e. The molecule has 0 unspecified atom stereocenters. The van der Waals surface area contributed by atoms with Crippen LogP contribution >= 0.6 is 11.6 Å². The molecule has 25 heavy (non-hydrogen) atoms. The minimum Gasteiger partial charge on any atom is -0.494 e. The summed E-state index contributed by atoms with van der Waals surface area (Å²) in [6.07, 6.45) is 0. The molecule has 0 saturated heterocycles. The third kappa shape index (κ3) is 5.80. The van der Waals surface area contributed by atoms with E-state index in [1.807, 2.05) is 26.0 Å². The Balaban J connectivity index is 1.83. The first-order valence-corrected chi connectivity index (χ1v) is 8.43. The number of hydrogen-bond acceptors (Lipinski definition) is 3. The van der Waals surface area contributed by atoms with Crippen LogP contribution in [0.1, 0.15) is 35.8 Å². The summed E-state index contributed by atoms with van der Waals surface area (Å²) in [7, 11) is 0.